The van der Waals surface area contributed by atoms with Crippen molar-refractivity contribution in [3.8, 4) is 0 Å². The molecule has 3 heterocycles. The Morgan fingerprint density at radius 1 is 0.765 bits per heavy atom. The number of Topliss-reactive ketones (excluding diaryl/α,β-unsaturated/α-hetero) is 1. The summed E-state index contributed by atoms with van der Waals surface area (Å²) in [5.74, 6) is -2.51. The molecule has 4 atom stereocenters. The van der Waals surface area contributed by atoms with E-state index in [1.165, 1.54) is 0 Å². The number of amides is 2. The molecule has 3 aromatic rings. The average Bonchev–Trinajstić information content (AvgIpc) is 3.32. The number of fused-ring (bicyclic) bond motifs is 5. The fraction of sp³-hybridized carbons (Fsp3) is 0.148. The van der Waals surface area contributed by atoms with Gasteiger partial charge in [-0.2, -0.15) is 0 Å². The zero-order chi connectivity index (χ0) is 23.6. The summed E-state index contributed by atoms with van der Waals surface area (Å²) in [6, 6.07) is 19.8. The second-order valence-electron chi connectivity index (χ2n) is 8.65. The highest BCUT2D eigenvalue weighted by atomic mass is 35.5. The molecule has 2 amide bonds. The first-order valence-corrected chi connectivity index (χ1v) is 11.7. The van der Waals surface area contributed by atoms with Gasteiger partial charge in [0.2, 0.25) is 11.8 Å². The van der Waals surface area contributed by atoms with Crippen molar-refractivity contribution in [1.82, 2.24) is 0 Å². The van der Waals surface area contributed by atoms with Crippen LogP contribution >= 0.6 is 23.2 Å². The van der Waals surface area contributed by atoms with E-state index in [0.717, 1.165) is 16.2 Å². The molecular formula is C27H18Cl2N2O3. The van der Waals surface area contributed by atoms with Gasteiger partial charge in [-0.25, -0.2) is 4.90 Å². The summed E-state index contributed by atoms with van der Waals surface area (Å²) < 4.78 is 0. The molecule has 0 unspecified atom stereocenters. The lowest BCUT2D eigenvalue weighted by atomic mass is 9.86. The van der Waals surface area contributed by atoms with E-state index in [1.807, 2.05) is 41.3 Å². The van der Waals surface area contributed by atoms with Crippen molar-refractivity contribution in [2.24, 2.45) is 11.8 Å². The average molecular weight is 489 g/mol. The predicted molar refractivity (Wildman–Crippen MR) is 132 cm³/mol. The van der Waals surface area contributed by atoms with Gasteiger partial charge in [-0.15, -0.1) is 0 Å². The number of hydrogen-bond acceptors (Lipinski definition) is 4. The lowest BCUT2D eigenvalue weighted by Gasteiger charge is -2.36. The molecule has 3 aromatic carbocycles. The van der Waals surface area contributed by atoms with Gasteiger partial charge in [0, 0.05) is 16.3 Å². The molecule has 168 valence electrons. The predicted octanol–water partition coefficient (Wildman–Crippen LogP) is 5.27. The normalized spacial score (nSPS) is 24.8. The second-order valence-corrected chi connectivity index (χ2v) is 9.49. The number of carbonyl (C=O) groups is 3. The van der Waals surface area contributed by atoms with E-state index < -0.39 is 29.8 Å². The zero-order valence-corrected chi connectivity index (χ0v) is 19.3. The van der Waals surface area contributed by atoms with Crippen molar-refractivity contribution in [1.29, 1.82) is 0 Å². The van der Waals surface area contributed by atoms with Crippen LogP contribution in [0.4, 0.5) is 11.4 Å². The van der Waals surface area contributed by atoms with Crippen LogP contribution in [0.3, 0.4) is 0 Å². The van der Waals surface area contributed by atoms with Gasteiger partial charge in [-0.1, -0.05) is 65.7 Å². The van der Waals surface area contributed by atoms with E-state index in [4.69, 9.17) is 23.2 Å². The van der Waals surface area contributed by atoms with E-state index in [0.29, 0.717) is 21.3 Å². The molecule has 0 N–H and O–H groups in total. The molecule has 7 heteroatoms. The maximum absolute atomic E-state index is 13.9. The smallest absolute Gasteiger partial charge is 0.240 e. The van der Waals surface area contributed by atoms with Crippen molar-refractivity contribution in [2.45, 2.75) is 12.1 Å². The molecule has 0 radical (unpaired) electrons. The molecular weight excluding hydrogens is 471 g/mol. The highest BCUT2D eigenvalue weighted by Gasteiger charge is 2.64. The van der Waals surface area contributed by atoms with Crippen molar-refractivity contribution in [3.05, 3.63) is 100 Å². The molecule has 0 bridgehead atoms. The van der Waals surface area contributed by atoms with Crippen LogP contribution in [0.2, 0.25) is 10.0 Å². The Hall–Kier alpha value is -3.41. The lowest BCUT2D eigenvalue weighted by Crippen LogP contribution is -2.48. The minimum Gasteiger partial charge on any atom is -0.352 e. The van der Waals surface area contributed by atoms with Crippen molar-refractivity contribution in [3.63, 3.8) is 0 Å². The number of halogens is 2. The van der Waals surface area contributed by atoms with Crippen LogP contribution in [-0.4, -0.2) is 29.7 Å². The van der Waals surface area contributed by atoms with Crippen molar-refractivity contribution >= 4 is 58.3 Å². The van der Waals surface area contributed by atoms with Crippen LogP contribution in [0.1, 0.15) is 15.9 Å². The molecule has 3 aliphatic rings. The maximum atomic E-state index is 13.9. The Kier molecular flexibility index (Phi) is 4.87. The number of para-hydroxylation sites is 2. The largest absolute Gasteiger partial charge is 0.352 e. The number of rotatable bonds is 3. The Labute approximate surface area is 206 Å². The number of nitrogens with zero attached hydrogens (tertiary/aromatic N) is 2. The Morgan fingerprint density at radius 3 is 2.15 bits per heavy atom. The molecule has 0 aromatic heterocycles. The van der Waals surface area contributed by atoms with Crippen LogP contribution in [-0.2, 0) is 9.59 Å². The molecule has 3 aliphatic heterocycles. The monoisotopic (exact) mass is 488 g/mol. The molecule has 34 heavy (non-hydrogen) atoms. The van der Waals surface area contributed by atoms with Gasteiger partial charge in [-0.3, -0.25) is 14.4 Å². The summed E-state index contributed by atoms with van der Waals surface area (Å²) in [4.78, 5) is 44.6. The Bertz CT molecular complexity index is 1380. The molecule has 0 aliphatic carbocycles. The second kappa shape index (κ2) is 7.83. The molecule has 2 saturated heterocycles. The number of benzene rings is 3. The standard InChI is InChI=1S/C27H18Cl2N2O3/c28-17-12-9-16(10-13-17)25(32)24-23-22(21-14-11-15-5-1-3-7-19(15)30(21)24)26(33)31(27(23)34)20-8-4-2-6-18(20)29/h1-14,21-24H/t21-,22+,23-,24-/m0/s1. The Balaban J connectivity index is 1.51. The van der Waals surface area contributed by atoms with Gasteiger partial charge in [0.15, 0.2) is 5.78 Å². The summed E-state index contributed by atoms with van der Waals surface area (Å²) >= 11 is 12.4. The molecule has 6 rings (SSSR count). The van der Waals surface area contributed by atoms with Crippen LogP contribution in [0, 0.1) is 11.8 Å². The Morgan fingerprint density at radius 2 is 1.41 bits per heavy atom. The van der Waals surface area contributed by atoms with E-state index in [1.54, 1.807) is 48.5 Å². The first-order valence-electron chi connectivity index (χ1n) is 10.9. The number of carbonyl (C=O) groups excluding carboxylic acids is 3. The molecule has 0 spiro atoms. The quantitative estimate of drug-likeness (QED) is 0.372. The fourth-order valence-electron chi connectivity index (χ4n) is 5.47. The van der Waals surface area contributed by atoms with Crippen molar-refractivity contribution < 1.29 is 14.4 Å². The third-order valence-corrected chi connectivity index (χ3v) is 7.48. The van der Waals surface area contributed by atoms with Gasteiger partial charge >= 0.3 is 0 Å². The van der Waals surface area contributed by atoms with Crippen LogP contribution in [0.25, 0.3) is 6.08 Å². The topological polar surface area (TPSA) is 57.7 Å². The van der Waals surface area contributed by atoms with E-state index >= 15 is 0 Å². The number of anilines is 2. The van der Waals surface area contributed by atoms with Crippen molar-refractivity contribution in [2.75, 3.05) is 9.80 Å². The number of hydrogen-bond donors (Lipinski definition) is 0. The van der Waals surface area contributed by atoms with Crippen LogP contribution < -0.4 is 9.80 Å². The van der Waals surface area contributed by atoms with Gasteiger partial charge < -0.3 is 4.90 Å². The van der Waals surface area contributed by atoms with Gasteiger partial charge in [0.05, 0.1) is 28.6 Å². The van der Waals surface area contributed by atoms with Gasteiger partial charge in [-0.05, 0) is 48.0 Å². The minimum atomic E-state index is -0.841. The molecule has 5 nitrogen and oxygen atoms in total. The molecule has 2 fully saturated rings. The van der Waals surface area contributed by atoms with E-state index in [-0.39, 0.29) is 11.7 Å². The maximum Gasteiger partial charge on any atom is 0.240 e. The van der Waals surface area contributed by atoms with Gasteiger partial charge in [0.25, 0.3) is 0 Å². The SMILES string of the molecule is O=C(c1ccc(Cl)cc1)[C@@H]1[C@H]2C(=O)N(c3ccccc3Cl)C(=O)[C@@H]2[C@@H]2C=Cc3ccccc3N12. The number of imide groups is 1. The zero-order valence-electron chi connectivity index (χ0n) is 17.8. The minimum absolute atomic E-state index is 0.221. The summed E-state index contributed by atoms with van der Waals surface area (Å²) in [7, 11) is 0. The first kappa shape index (κ1) is 21.1. The summed E-state index contributed by atoms with van der Waals surface area (Å²) in [6.07, 6.45) is 3.88. The van der Waals surface area contributed by atoms with Crippen LogP contribution in [0.15, 0.2) is 78.9 Å². The summed E-state index contributed by atoms with van der Waals surface area (Å²) in [5, 5.41) is 0.827. The highest BCUT2D eigenvalue weighted by molar-refractivity contribution is 6.36. The number of ketones is 1. The third kappa shape index (κ3) is 2.97. The van der Waals surface area contributed by atoms with E-state index in [2.05, 4.69) is 0 Å². The summed E-state index contributed by atoms with van der Waals surface area (Å²) in [6.45, 7) is 0. The fourth-order valence-corrected chi connectivity index (χ4v) is 5.82. The summed E-state index contributed by atoms with van der Waals surface area (Å²) in [5.41, 5.74) is 2.56. The van der Waals surface area contributed by atoms with E-state index in [9.17, 15) is 14.4 Å². The first-order chi connectivity index (χ1) is 16.5. The molecule has 0 saturated carbocycles. The van der Waals surface area contributed by atoms with Gasteiger partial charge in [0.1, 0.15) is 6.04 Å². The lowest BCUT2D eigenvalue weighted by molar-refractivity contribution is -0.122. The van der Waals surface area contributed by atoms with Crippen LogP contribution in [0.5, 0.6) is 0 Å². The third-order valence-electron chi connectivity index (χ3n) is 6.91. The highest BCUT2D eigenvalue weighted by Crippen LogP contribution is 2.50.